The van der Waals surface area contributed by atoms with E-state index < -0.39 is 0 Å². The van der Waals surface area contributed by atoms with E-state index in [1.165, 1.54) is 0 Å². The van der Waals surface area contributed by atoms with Gasteiger partial charge in [0.15, 0.2) is 0 Å². The molecule has 0 aromatic carbocycles. The van der Waals surface area contributed by atoms with Crippen molar-refractivity contribution in [1.29, 1.82) is 5.26 Å². The van der Waals surface area contributed by atoms with Crippen molar-refractivity contribution in [2.45, 2.75) is 13.5 Å². The Kier molecular flexibility index (Phi) is 4.32. The van der Waals surface area contributed by atoms with Crippen LogP contribution in [0.3, 0.4) is 0 Å². The molecule has 1 heterocycles. The standard InChI is InChI=1S/C11H19N5/c1-9(5-12)6-13-7-10-8-14-11(15(2)3)16(10)4/h8-9,13H,6-7H2,1-4H3. The van der Waals surface area contributed by atoms with Crippen LogP contribution in [0.25, 0.3) is 0 Å². The molecule has 1 aromatic heterocycles. The van der Waals surface area contributed by atoms with E-state index in [0.717, 1.165) is 18.2 Å². The predicted octanol–water partition coefficient (Wildman–Crippen LogP) is 0.735. The predicted molar refractivity (Wildman–Crippen MR) is 64.0 cm³/mol. The van der Waals surface area contributed by atoms with E-state index in [4.69, 9.17) is 5.26 Å². The first kappa shape index (κ1) is 12.5. The minimum atomic E-state index is 0.0431. The Morgan fingerprint density at radius 1 is 1.62 bits per heavy atom. The van der Waals surface area contributed by atoms with Crippen LogP contribution >= 0.6 is 0 Å². The normalized spacial score (nSPS) is 12.2. The van der Waals surface area contributed by atoms with Crippen LogP contribution in [-0.2, 0) is 13.6 Å². The van der Waals surface area contributed by atoms with Crippen LogP contribution in [0.5, 0.6) is 0 Å². The smallest absolute Gasteiger partial charge is 0.204 e. The molecule has 0 saturated heterocycles. The highest BCUT2D eigenvalue weighted by Crippen LogP contribution is 2.10. The fourth-order valence-electron chi connectivity index (χ4n) is 1.48. The van der Waals surface area contributed by atoms with Crippen molar-refractivity contribution < 1.29 is 0 Å². The minimum absolute atomic E-state index is 0.0431. The summed E-state index contributed by atoms with van der Waals surface area (Å²) in [6, 6.07) is 2.20. The molecule has 16 heavy (non-hydrogen) atoms. The van der Waals surface area contributed by atoms with Crippen LogP contribution in [-0.4, -0.2) is 30.2 Å². The lowest BCUT2D eigenvalue weighted by Crippen LogP contribution is -2.22. The van der Waals surface area contributed by atoms with Crippen molar-refractivity contribution in [3.8, 4) is 6.07 Å². The lowest BCUT2D eigenvalue weighted by atomic mass is 10.2. The number of imidazole rings is 1. The SMILES string of the molecule is CC(C#N)CNCc1cnc(N(C)C)n1C. The molecule has 0 aliphatic heterocycles. The molecular formula is C11H19N5. The molecule has 1 atom stereocenters. The Hall–Kier alpha value is -1.54. The molecule has 0 aliphatic rings. The lowest BCUT2D eigenvalue weighted by Gasteiger charge is -2.13. The van der Waals surface area contributed by atoms with Gasteiger partial charge < -0.3 is 14.8 Å². The Balaban J connectivity index is 2.53. The van der Waals surface area contributed by atoms with Gasteiger partial charge in [0.05, 0.1) is 23.9 Å². The summed E-state index contributed by atoms with van der Waals surface area (Å²) in [6.07, 6.45) is 1.86. The summed E-state index contributed by atoms with van der Waals surface area (Å²) in [6.45, 7) is 3.35. The van der Waals surface area contributed by atoms with Crippen LogP contribution in [0.15, 0.2) is 6.20 Å². The first-order chi connectivity index (χ1) is 7.56. The number of nitrogens with one attached hydrogen (secondary N) is 1. The van der Waals surface area contributed by atoms with Gasteiger partial charge in [-0.1, -0.05) is 0 Å². The number of hydrogen-bond donors (Lipinski definition) is 1. The zero-order valence-electron chi connectivity index (χ0n) is 10.4. The van der Waals surface area contributed by atoms with E-state index in [-0.39, 0.29) is 5.92 Å². The van der Waals surface area contributed by atoms with E-state index >= 15 is 0 Å². The molecule has 0 radical (unpaired) electrons. The van der Waals surface area contributed by atoms with E-state index in [2.05, 4.69) is 16.4 Å². The van der Waals surface area contributed by atoms with Crippen molar-refractivity contribution in [3.63, 3.8) is 0 Å². The molecule has 0 bridgehead atoms. The molecule has 1 N–H and O–H groups in total. The molecule has 1 unspecified atom stereocenters. The molecule has 88 valence electrons. The highest BCUT2D eigenvalue weighted by atomic mass is 15.3. The van der Waals surface area contributed by atoms with Crippen molar-refractivity contribution in [2.24, 2.45) is 13.0 Å². The van der Waals surface area contributed by atoms with Gasteiger partial charge >= 0.3 is 0 Å². The van der Waals surface area contributed by atoms with Gasteiger partial charge in [-0.2, -0.15) is 5.26 Å². The zero-order valence-corrected chi connectivity index (χ0v) is 10.4. The van der Waals surface area contributed by atoms with Crippen molar-refractivity contribution >= 4 is 5.95 Å². The number of nitrogens with zero attached hydrogens (tertiary/aromatic N) is 4. The average molecular weight is 221 g/mol. The maximum absolute atomic E-state index is 8.65. The highest BCUT2D eigenvalue weighted by molar-refractivity contribution is 5.30. The summed E-state index contributed by atoms with van der Waals surface area (Å²) in [4.78, 5) is 6.29. The lowest BCUT2D eigenvalue weighted by molar-refractivity contribution is 0.585. The zero-order chi connectivity index (χ0) is 12.1. The minimum Gasteiger partial charge on any atom is -0.348 e. The van der Waals surface area contributed by atoms with Gasteiger partial charge in [-0.3, -0.25) is 0 Å². The summed E-state index contributed by atoms with van der Waals surface area (Å²) in [5.41, 5.74) is 1.12. The van der Waals surface area contributed by atoms with Crippen LogP contribution in [0.2, 0.25) is 0 Å². The van der Waals surface area contributed by atoms with Crippen molar-refractivity contribution in [2.75, 3.05) is 25.5 Å². The van der Waals surface area contributed by atoms with Gasteiger partial charge in [0.25, 0.3) is 0 Å². The summed E-state index contributed by atoms with van der Waals surface area (Å²) < 4.78 is 2.05. The Labute approximate surface area is 96.7 Å². The first-order valence-corrected chi connectivity index (χ1v) is 5.34. The molecule has 0 amide bonds. The second kappa shape index (κ2) is 5.52. The summed E-state index contributed by atoms with van der Waals surface area (Å²) in [7, 11) is 5.93. The fraction of sp³-hybridized carbons (Fsp3) is 0.636. The van der Waals surface area contributed by atoms with Gasteiger partial charge in [-0.05, 0) is 6.92 Å². The van der Waals surface area contributed by atoms with Crippen LogP contribution in [0.1, 0.15) is 12.6 Å². The Morgan fingerprint density at radius 3 is 2.81 bits per heavy atom. The topological polar surface area (TPSA) is 56.9 Å². The Bertz CT molecular complexity index is 374. The van der Waals surface area contributed by atoms with E-state index in [0.29, 0.717) is 6.54 Å². The first-order valence-electron chi connectivity index (χ1n) is 5.34. The van der Waals surface area contributed by atoms with Crippen LogP contribution in [0.4, 0.5) is 5.95 Å². The third kappa shape index (κ3) is 2.97. The second-order valence-corrected chi connectivity index (χ2v) is 4.16. The molecule has 0 saturated carbocycles. The number of nitriles is 1. The highest BCUT2D eigenvalue weighted by Gasteiger charge is 2.07. The molecule has 5 nitrogen and oxygen atoms in total. The third-order valence-corrected chi connectivity index (χ3v) is 2.44. The van der Waals surface area contributed by atoms with Gasteiger partial charge in [-0.15, -0.1) is 0 Å². The maximum Gasteiger partial charge on any atom is 0.204 e. The number of anilines is 1. The largest absolute Gasteiger partial charge is 0.348 e. The van der Waals surface area contributed by atoms with E-state index in [9.17, 15) is 0 Å². The van der Waals surface area contributed by atoms with Gasteiger partial charge in [0, 0.05) is 34.2 Å². The second-order valence-electron chi connectivity index (χ2n) is 4.16. The van der Waals surface area contributed by atoms with E-state index in [1.54, 1.807) is 0 Å². The van der Waals surface area contributed by atoms with Crippen molar-refractivity contribution in [3.05, 3.63) is 11.9 Å². The molecule has 0 aliphatic carbocycles. The summed E-state index contributed by atoms with van der Waals surface area (Å²) in [5, 5.41) is 11.9. The maximum atomic E-state index is 8.65. The number of aromatic nitrogens is 2. The number of hydrogen-bond acceptors (Lipinski definition) is 4. The van der Waals surface area contributed by atoms with Gasteiger partial charge in [-0.25, -0.2) is 4.98 Å². The number of rotatable bonds is 5. The molecule has 1 rings (SSSR count). The van der Waals surface area contributed by atoms with Gasteiger partial charge in [0.2, 0.25) is 5.95 Å². The molecular weight excluding hydrogens is 202 g/mol. The Morgan fingerprint density at radius 2 is 2.31 bits per heavy atom. The quantitative estimate of drug-likeness (QED) is 0.796. The summed E-state index contributed by atoms with van der Waals surface area (Å²) >= 11 is 0. The van der Waals surface area contributed by atoms with Crippen LogP contribution < -0.4 is 10.2 Å². The van der Waals surface area contributed by atoms with E-state index in [1.807, 2.05) is 43.7 Å². The molecule has 0 fully saturated rings. The summed E-state index contributed by atoms with van der Waals surface area (Å²) in [5.74, 6) is 0.978. The molecule has 5 heteroatoms. The van der Waals surface area contributed by atoms with Crippen LogP contribution in [0, 0.1) is 17.2 Å². The average Bonchev–Trinajstić information content (AvgIpc) is 2.60. The third-order valence-electron chi connectivity index (χ3n) is 2.44. The van der Waals surface area contributed by atoms with Gasteiger partial charge in [0.1, 0.15) is 0 Å². The van der Waals surface area contributed by atoms with Crippen molar-refractivity contribution in [1.82, 2.24) is 14.9 Å². The fourth-order valence-corrected chi connectivity index (χ4v) is 1.48. The molecule has 1 aromatic rings. The monoisotopic (exact) mass is 221 g/mol. The molecule has 0 spiro atoms.